The van der Waals surface area contributed by atoms with Crippen molar-refractivity contribution in [1.29, 1.82) is 0 Å². The molecule has 1 aromatic heterocycles. The number of H-pyrrole nitrogens is 1. The van der Waals surface area contributed by atoms with E-state index < -0.39 is 0 Å². The second-order valence-electron chi connectivity index (χ2n) is 4.06. The highest BCUT2D eigenvalue weighted by Crippen LogP contribution is 2.29. The van der Waals surface area contributed by atoms with Crippen molar-refractivity contribution in [1.82, 2.24) is 4.98 Å². The molecule has 0 atom stereocenters. The fourth-order valence-corrected chi connectivity index (χ4v) is 1.81. The maximum Gasteiger partial charge on any atom is 0.272 e. The van der Waals surface area contributed by atoms with Crippen molar-refractivity contribution in [2.24, 2.45) is 0 Å². The molecule has 0 aliphatic heterocycles. The highest BCUT2D eigenvalue weighted by atomic mass is 16.5. The van der Waals surface area contributed by atoms with Crippen molar-refractivity contribution < 1.29 is 14.3 Å². The summed E-state index contributed by atoms with van der Waals surface area (Å²) in [6.07, 6.45) is 1.70. The SMILES string of the molecule is CCOc1ccc(OCC)c(NC(=O)c2ccc[nH]2)c1. The average molecular weight is 274 g/mol. The summed E-state index contributed by atoms with van der Waals surface area (Å²) >= 11 is 0. The number of amides is 1. The number of hydrogen-bond acceptors (Lipinski definition) is 3. The smallest absolute Gasteiger partial charge is 0.272 e. The van der Waals surface area contributed by atoms with Gasteiger partial charge in [0.05, 0.1) is 18.9 Å². The van der Waals surface area contributed by atoms with E-state index in [0.717, 1.165) is 0 Å². The summed E-state index contributed by atoms with van der Waals surface area (Å²) in [4.78, 5) is 14.9. The van der Waals surface area contributed by atoms with Gasteiger partial charge < -0.3 is 19.8 Å². The van der Waals surface area contributed by atoms with Gasteiger partial charge >= 0.3 is 0 Å². The molecule has 2 aromatic rings. The van der Waals surface area contributed by atoms with E-state index in [1.54, 1.807) is 30.5 Å². The van der Waals surface area contributed by atoms with Crippen molar-refractivity contribution >= 4 is 11.6 Å². The number of anilines is 1. The summed E-state index contributed by atoms with van der Waals surface area (Å²) in [5.74, 6) is 1.10. The van der Waals surface area contributed by atoms with Gasteiger partial charge in [0.25, 0.3) is 5.91 Å². The minimum absolute atomic E-state index is 0.218. The lowest BCUT2D eigenvalue weighted by Crippen LogP contribution is -2.13. The first-order valence-corrected chi connectivity index (χ1v) is 6.59. The van der Waals surface area contributed by atoms with Crippen molar-refractivity contribution in [3.63, 3.8) is 0 Å². The summed E-state index contributed by atoms with van der Waals surface area (Å²) in [5.41, 5.74) is 1.09. The van der Waals surface area contributed by atoms with Crippen LogP contribution < -0.4 is 14.8 Å². The van der Waals surface area contributed by atoms with E-state index in [0.29, 0.717) is 36.1 Å². The number of aromatic amines is 1. The number of carbonyl (C=O) groups excluding carboxylic acids is 1. The van der Waals surface area contributed by atoms with E-state index in [-0.39, 0.29) is 5.91 Å². The number of hydrogen-bond donors (Lipinski definition) is 2. The van der Waals surface area contributed by atoms with Gasteiger partial charge in [-0.1, -0.05) is 0 Å². The molecule has 2 N–H and O–H groups in total. The van der Waals surface area contributed by atoms with Gasteiger partial charge in [-0.3, -0.25) is 4.79 Å². The number of carbonyl (C=O) groups is 1. The van der Waals surface area contributed by atoms with E-state index >= 15 is 0 Å². The summed E-state index contributed by atoms with van der Waals surface area (Å²) in [5, 5.41) is 2.82. The van der Waals surface area contributed by atoms with E-state index in [2.05, 4.69) is 10.3 Å². The van der Waals surface area contributed by atoms with Gasteiger partial charge in [0, 0.05) is 12.3 Å². The zero-order chi connectivity index (χ0) is 14.4. The molecule has 0 unspecified atom stereocenters. The van der Waals surface area contributed by atoms with Crippen LogP contribution in [0.4, 0.5) is 5.69 Å². The number of benzene rings is 1. The molecule has 0 aliphatic carbocycles. The highest BCUT2D eigenvalue weighted by Gasteiger charge is 2.11. The zero-order valence-corrected chi connectivity index (χ0v) is 11.6. The first-order chi connectivity index (χ1) is 9.74. The molecular formula is C15H18N2O3. The number of ether oxygens (including phenoxy) is 2. The maximum atomic E-state index is 12.1. The average Bonchev–Trinajstić information content (AvgIpc) is 2.96. The third-order valence-electron chi connectivity index (χ3n) is 2.65. The van der Waals surface area contributed by atoms with Crippen LogP contribution in [-0.2, 0) is 0 Å². The fourth-order valence-electron chi connectivity index (χ4n) is 1.81. The third kappa shape index (κ3) is 3.32. The Morgan fingerprint density at radius 3 is 2.65 bits per heavy atom. The molecule has 106 valence electrons. The Bertz CT molecular complexity index is 565. The van der Waals surface area contributed by atoms with Gasteiger partial charge in [-0.25, -0.2) is 0 Å². The van der Waals surface area contributed by atoms with E-state index in [4.69, 9.17) is 9.47 Å². The van der Waals surface area contributed by atoms with Crippen LogP contribution in [0.1, 0.15) is 24.3 Å². The fraction of sp³-hybridized carbons (Fsp3) is 0.267. The monoisotopic (exact) mass is 274 g/mol. The van der Waals surface area contributed by atoms with Gasteiger partial charge in [-0.2, -0.15) is 0 Å². The summed E-state index contributed by atoms with van der Waals surface area (Å²) in [6.45, 7) is 4.90. The van der Waals surface area contributed by atoms with Gasteiger partial charge in [0.15, 0.2) is 0 Å². The van der Waals surface area contributed by atoms with Crippen LogP contribution in [0.15, 0.2) is 36.5 Å². The van der Waals surface area contributed by atoms with Crippen LogP contribution in [0.25, 0.3) is 0 Å². The quantitative estimate of drug-likeness (QED) is 0.851. The number of nitrogens with one attached hydrogen (secondary N) is 2. The Balaban J connectivity index is 2.22. The van der Waals surface area contributed by atoms with Gasteiger partial charge in [-0.15, -0.1) is 0 Å². The van der Waals surface area contributed by atoms with Crippen LogP contribution in [0.2, 0.25) is 0 Å². The normalized spacial score (nSPS) is 10.1. The largest absolute Gasteiger partial charge is 0.494 e. The molecule has 0 aliphatic rings. The molecule has 1 heterocycles. The molecule has 0 saturated carbocycles. The first-order valence-electron chi connectivity index (χ1n) is 6.59. The van der Waals surface area contributed by atoms with Crippen LogP contribution in [-0.4, -0.2) is 24.1 Å². The molecule has 20 heavy (non-hydrogen) atoms. The number of aromatic nitrogens is 1. The summed E-state index contributed by atoms with van der Waals surface area (Å²) in [7, 11) is 0. The third-order valence-corrected chi connectivity index (χ3v) is 2.65. The van der Waals surface area contributed by atoms with E-state index in [1.165, 1.54) is 0 Å². The first kappa shape index (κ1) is 14.0. The lowest BCUT2D eigenvalue weighted by molar-refractivity contribution is 0.102. The summed E-state index contributed by atoms with van der Waals surface area (Å²) in [6, 6.07) is 8.85. The molecule has 1 aromatic carbocycles. The van der Waals surface area contributed by atoms with E-state index in [9.17, 15) is 4.79 Å². The molecular weight excluding hydrogens is 256 g/mol. The van der Waals surface area contributed by atoms with Crippen LogP contribution in [0, 0.1) is 0 Å². The van der Waals surface area contributed by atoms with Crippen molar-refractivity contribution in [2.75, 3.05) is 18.5 Å². The molecule has 1 amide bonds. The molecule has 0 bridgehead atoms. The van der Waals surface area contributed by atoms with Crippen LogP contribution >= 0.6 is 0 Å². The zero-order valence-electron chi connectivity index (χ0n) is 11.6. The van der Waals surface area contributed by atoms with Gasteiger partial charge in [-0.05, 0) is 38.1 Å². The Morgan fingerprint density at radius 1 is 1.20 bits per heavy atom. The Labute approximate surface area is 117 Å². The molecule has 5 nitrogen and oxygen atoms in total. The number of rotatable bonds is 6. The second-order valence-corrected chi connectivity index (χ2v) is 4.06. The summed E-state index contributed by atoms with van der Waals surface area (Å²) < 4.78 is 10.9. The van der Waals surface area contributed by atoms with Crippen molar-refractivity contribution in [2.45, 2.75) is 13.8 Å². The predicted octanol–water partition coefficient (Wildman–Crippen LogP) is 3.06. The van der Waals surface area contributed by atoms with Crippen LogP contribution in [0.3, 0.4) is 0 Å². The molecule has 2 rings (SSSR count). The Hall–Kier alpha value is -2.43. The molecule has 0 radical (unpaired) electrons. The second kappa shape index (κ2) is 6.65. The molecule has 0 spiro atoms. The molecule has 0 fully saturated rings. The molecule has 5 heteroatoms. The minimum atomic E-state index is -0.218. The van der Waals surface area contributed by atoms with Crippen LogP contribution in [0.5, 0.6) is 11.5 Å². The van der Waals surface area contributed by atoms with Gasteiger partial charge in [0.1, 0.15) is 17.2 Å². The predicted molar refractivity (Wildman–Crippen MR) is 77.5 cm³/mol. The van der Waals surface area contributed by atoms with Crippen molar-refractivity contribution in [3.05, 3.63) is 42.2 Å². The highest BCUT2D eigenvalue weighted by molar-refractivity contribution is 6.03. The Morgan fingerprint density at radius 2 is 2.00 bits per heavy atom. The standard InChI is InChI=1S/C15H18N2O3/c1-3-19-11-7-8-14(20-4-2)13(10-11)17-15(18)12-6-5-9-16-12/h5-10,16H,3-4H2,1-2H3,(H,17,18). The maximum absolute atomic E-state index is 12.1. The van der Waals surface area contributed by atoms with E-state index in [1.807, 2.05) is 19.9 Å². The topological polar surface area (TPSA) is 63.4 Å². The van der Waals surface area contributed by atoms with Crippen molar-refractivity contribution in [3.8, 4) is 11.5 Å². The lowest BCUT2D eigenvalue weighted by atomic mass is 10.2. The van der Waals surface area contributed by atoms with Gasteiger partial charge in [0.2, 0.25) is 0 Å². The Kier molecular flexibility index (Phi) is 4.65. The minimum Gasteiger partial charge on any atom is -0.494 e. The lowest BCUT2D eigenvalue weighted by Gasteiger charge is -2.13. The molecule has 0 saturated heterocycles.